The van der Waals surface area contributed by atoms with Crippen molar-refractivity contribution < 1.29 is 9.50 Å². The van der Waals surface area contributed by atoms with Gasteiger partial charge in [-0.25, -0.2) is 9.37 Å². The summed E-state index contributed by atoms with van der Waals surface area (Å²) in [7, 11) is 6.54. The van der Waals surface area contributed by atoms with Crippen LogP contribution in [0.15, 0.2) is 16.5 Å². The normalized spacial score (nSPS) is 11.1. The van der Waals surface area contributed by atoms with E-state index in [4.69, 9.17) is 15.8 Å². The minimum absolute atomic E-state index is 0.232. The topological polar surface area (TPSA) is 33.1 Å². The summed E-state index contributed by atoms with van der Waals surface area (Å²) in [5.41, 5.74) is 0.733. The Morgan fingerprint density at radius 1 is 1.57 bits per heavy atom. The molecular formula is C8H5ClFNOS2. The molecule has 14 heavy (non-hydrogen) atoms. The van der Waals surface area contributed by atoms with Gasteiger partial charge in [0.2, 0.25) is 0 Å². The van der Waals surface area contributed by atoms with E-state index in [2.05, 4.69) is 4.98 Å². The molecule has 0 fully saturated rings. The summed E-state index contributed by atoms with van der Waals surface area (Å²) in [5.74, 6) is -0.434. The molecule has 0 bridgehead atoms. The third-order valence-electron chi connectivity index (χ3n) is 1.81. The molecule has 2 aromatic rings. The van der Waals surface area contributed by atoms with Crippen molar-refractivity contribution in [1.82, 2.24) is 4.98 Å². The van der Waals surface area contributed by atoms with Crippen molar-refractivity contribution >= 4 is 43.2 Å². The number of hydrogen-bond donors (Lipinski definition) is 1. The maximum Gasteiger partial charge on any atom is 0.166 e. The van der Waals surface area contributed by atoms with Gasteiger partial charge in [-0.1, -0.05) is 0 Å². The van der Waals surface area contributed by atoms with Crippen LogP contribution in [0.4, 0.5) is 4.39 Å². The van der Waals surface area contributed by atoms with Gasteiger partial charge in [0.05, 0.1) is 16.8 Å². The summed E-state index contributed by atoms with van der Waals surface area (Å²) in [4.78, 5) is 4.11. The first kappa shape index (κ1) is 10.2. The van der Waals surface area contributed by atoms with Gasteiger partial charge in [-0.15, -0.1) is 11.3 Å². The summed E-state index contributed by atoms with van der Waals surface area (Å²) >= 11 is 1.38. The fraction of sp³-hybridized carbons (Fsp3) is 0.125. The Balaban J connectivity index is 2.73. The SMILES string of the molecule is OCc1c(F)ccc2sc(SCl)nc12. The average molecular weight is 250 g/mol. The van der Waals surface area contributed by atoms with Gasteiger partial charge in [-0.05, 0) is 22.8 Å². The predicted octanol–water partition coefficient (Wildman–Crippen LogP) is 3.17. The Kier molecular flexibility index (Phi) is 2.92. The number of aliphatic hydroxyl groups excluding tert-OH is 1. The number of hydrogen-bond acceptors (Lipinski definition) is 4. The van der Waals surface area contributed by atoms with Gasteiger partial charge in [0.25, 0.3) is 0 Å². The van der Waals surface area contributed by atoms with Crippen LogP contribution in [0, 0.1) is 5.82 Å². The fourth-order valence-corrected chi connectivity index (χ4v) is 2.82. The second kappa shape index (κ2) is 4.02. The van der Waals surface area contributed by atoms with Crippen LogP contribution in [-0.4, -0.2) is 10.1 Å². The lowest BCUT2D eigenvalue weighted by Crippen LogP contribution is -1.90. The van der Waals surface area contributed by atoms with Gasteiger partial charge < -0.3 is 5.11 Å². The standard InChI is InChI=1S/C8H5ClFNOS2/c9-14-8-11-7-4(3-12)5(10)1-2-6(7)13-8/h1-2,12H,3H2. The Hall–Kier alpha value is -0.360. The average Bonchev–Trinajstić information content (AvgIpc) is 2.60. The number of benzene rings is 1. The number of halogens is 2. The highest BCUT2D eigenvalue weighted by Crippen LogP contribution is 2.33. The van der Waals surface area contributed by atoms with Crippen LogP contribution in [-0.2, 0) is 6.61 Å². The molecule has 74 valence electrons. The monoisotopic (exact) mass is 249 g/mol. The van der Waals surface area contributed by atoms with Crippen molar-refractivity contribution in [3.63, 3.8) is 0 Å². The zero-order valence-corrected chi connectivity index (χ0v) is 9.22. The van der Waals surface area contributed by atoms with Crippen LogP contribution in [0.25, 0.3) is 10.2 Å². The number of aromatic nitrogens is 1. The third kappa shape index (κ3) is 1.61. The first-order chi connectivity index (χ1) is 6.76. The molecule has 1 aromatic carbocycles. The lowest BCUT2D eigenvalue weighted by atomic mass is 10.2. The number of nitrogens with zero attached hydrogens (tertiary/aromatic N) is 1. The van der Waals surface area contributed by atoms with E-state index in [1.807, 2.05) is 0 Å². The van der Waals surface area contributed by atoms with E-state index < -0.39 is 5.82 Å². The Bertz CT molecular complexity index is 474. The molecule has 0 radical (unpaired) electrons. The molecule has 0 aliphatic rings. The summed E-state index contributed by atoms with van der Waals surface area (Å²) in [5, 5.41) is 8.98. The van der Waals surface area contributed by atoms with E-state index in [1.54, 1.807) is 6.07 Å². The third-order valence-corrected chi connectivity index (χ3v) is 4.06. The van der Waals surface area contributed by atoms with Crippen LogP contribution >= 0.6 is 33.0 Å². The molecule has 0 unspecified atom stereocenters. The lowest BCUT2D eigenvalue weighted by molar-refractivity contribution is 0.277. The van der Waals surface area contributed by atoms with Gasteiger partial charge in [-0.3, -0.25) is 0 Å². The van der Waals surface area contributed by atoms with Gasteiger partial charge in [0.1, 0.15) is 5.82 Å². The smallest absolute Gasteiger partial charge is 0.166 e. The number of aliphatic hydroxyl groups is 1. The zero-order valence-electron chi connectivity index (χ0n) is 6.83. The van der Waals surface area contributed by atoms with Crippen molar-refractivity contribution in [1.29, 1.82) is 0 Å². The quantitative estimate of drug-likeness (QED) is 0.888. The number of thiazole rings is 1. The maximum atomic E-state index is 13.2. The van der Waals surface area contributed by atoms with Crippen molar-refractivity contribution in [2.45, 2.75) is 10.9 Å². The Labute approximate surface area is 92.2 Å². The van der Waals surface area contributed by atoms with E-state index >= 15 is 0 Å². The van der Waals surface area contributed by atoms with E-state index in [9.17, 15) is 4.39 Å². The zero-order chi connectivity index (χ0) is 10.1. The van der Waals surface area contributed by atoms with E-state index in [0.29, 0.717) is 9.86 Å². The highest BCUT2D eigenvalue weighted by atomic mass is 35.7. The maximum absolute atomic E-state index is 13.2. The summed E-state index contributed by atoms with van der Waals surface area (Å²) < 4.78 is 14.7. The molecule has 6 heteroatoms. The number of rotatable bonds is 2. The molecule has 2 rings (SSSR count). The molecule has 1 aromatic heterocycles. The van der Waals surface area contributed by atoms with Crippen LogP contribution in [0.1, 0.15) is 5.56 Å². The minimum atomic E-state index is -0.434. The van der Waals surface area contributed by atoms with Gasteiger partial charge in [0.15, 0.2) is 4.34 Å². The predicted molar refractivity (Wildman–Crippen MR) is 57.2 cm³/mol. The fourth-order valence-electron chi connectivity index (χ4n) is 1.19. The second-order valence-corrected chi connectivity index (χ2v) is 4.88. The first-order valence-corrected chi connectivity index (χ1v) is 6.19. The lowest BCUT2D eigenvalue weighted by Gasteiger charge is -1.98. The number of fused-ring (bicyclic) bond motifs is 1. The van der Waals surface area contributed by atoms with Crippen molar-refractivity contribution in [2.75, 3.05) is 0 Å². The van der Waals surface area contributed by atoms with Gasteiger partial charge in [0, 0.05) is 16.5 Å². The van der Waals surface area contributed by atoms with Crippen molar-refractivity contribution in [3.05, 3.63) is 23.5 Å². The molecule has 0 spiro atoms. The molecule has 0 aliphatic carbocycles. The molecular weight excluding hydrogens is 245 g/mol. The second-order valence-electron chi connectivity index (χ2n) is 2.59. The summed E-state index contributed by atoms with van der Waals surface area (Å²) in [6, 6.07) is 2.97. The largest absolute Gasteiger partial charge is 0.391 e. The van der Waals surface area contributed by atoms with Crippen molar-refractivity contribution in [3.8, 4) is 0 Å². The van der Waals surface area contributed by atoms with Crippen LogP contribution < -0.4 is 0 Å². The summed E-state index contributed by atoms with van der Waals surface area (Å²) in [6.45, 7) is -0.348. The molecule has 0 saturated heterocycles. The molecule has 0 amide bonds. The van der Waals surface area contributed by atoms with Crippen LogP contribution in [0.3, 0.4) is 0 Å². The van der Waals surface area contributed by atoms with Gasteiger partial charge in [-0.2, -0.15) is 0 Å². The summed E-state index contributed by atoms with van der Waals surface area (Å²) in [6.07, 6.45) is 0. The molecule has 0 atom stereocenters. The molecule has 1 heterocycles. The Morgan fingerprint density at radius 2 is 2.36 bits per heavy atom. The molecule has 2 nitrogen and oxygen atoms in total. The highest BCUT2D eigenvalue weighted by molar-refractivity contribution is 8.22. The molecule has 1 N–H and O–H groups in total. The van der Waals surface area contributed by atoms with E-state index in [0.717, 1.165) is 15.7 Å². The molecule has 0 saturated carbocycles. The highest BCUT2D eigenvalue weighted by Gasteiger charge is 2.11. The van der Waals surface area contributed by atoms with Crippen LogP contribution in [0.5, 0.6) is 0 Å². The van der Waals surface area contributed by atoms with E-state index in [1.165, 1.54) is 17.4 Å². The van der Waals surface area contributed by atoms with Gasteiger partial charge >= 0.3 is 0 Å². The first-order valence-electron chi connectivity index (χ1n) is 3.73. The van der Waals surface area contributed by atoms with Crippen molar-refractivity contribution in [2.24, 2.45) is 0 Å². The molecule has 0 aliphatic heterocycles. The Morgan fingerprint density at radius 3 is 3.00 bits per heavy atom. The van der Waals surface area contributed by atoms with E-state index in [-0.39, 0.29) is 12.2 Å². The minimum Gasteiger partial charge on any atom is -0.391 e. The van der Waals surface area contributed by atoms with Crippen LogP contribution in [0.2, 0.25) is 0 Å².